The van der Waals surface area contributed by atoms with Crippen LogP contribution in [0.4, 0.5) is 10.5 Å². The number of carbonyl (C=O) groups excluding carboxylic acids is 1. The summed E-state index contributed by atoms with van der Waals surface area (Å²) < 4.78 is 19.2. The molecule has 274 valence electrons. The number of amides is 2. The number of nitrogens with one attached hydrogen (secondary N) is 2. The summed E-state index contributed by atoms with van der Waals surface area (Å²) >= 11 is 0. The maximum Gasteiger partial charge on any atom is 0.319 e. The van der Waals surface area contributed by atoms with Crippen LogP contribution in [0.25, 0.3) is 0 Å². The molecular formula is C46H45N3O5. The van der Waals surface area contributed by atoms with Crippen molar-refractivity contribution in [3.63, 3.8) is 0 Å². The third kappa shape index (κ3) is 10.4. The fourth-order valence-electron chi connectivity index (χ4n) is 6.57. The molecule has 1 heterocycles. The highest BCUT2D eigenvalue weighted by Gasteiger charge is 2.33. The number of rotatable bonds is 14. The van der Waals surface area contributed by atoms with Gasteiger partial charge in [0.2, 0.25) is 0 Å². The highest BCUT2D eigenvalue weighted by molar-refractivity contribution is 5.89. The van der Waals surface area contributed by atoms with E-state index in [2.05, 4.69) is 64.1 Å². The summed E-state index contributed by atoms with van der Waals surface area (Å²) in [5, 5.41) is 15.5. The van der Waals surface area contributed by atoms with Gasteiger partial charge in [0.1, 0.15) is 11.5 Å². The second kappa shape index (κ2) is 18.3. The molecule has 8 heteroatoms. The van der Waals surface area contributed by atoms with Crippen molar-refractivity contribution >= 4 is 11.7 Å². The van der Waals surface area contributed by atoms with Crippen molar-refractivity contribution in [2.75, 3.05) is 11.9 Å². The standard InChI is InChI=1S/C46H45N3O5/c50-33-37-18-20-38(21-19-37)44-28-43(32-49(30-35-10-4-1-5-11-35)31-36-12-6-2-7-13-36)53-45(54-44)39-22-16-34(17-23-39)29-47-46(51)48-40-24-26-42(27-25-40)52-41-14-8-3-9-15-41/h1-27,43-45,50H,28-33H2,(H2,47,48,51)/t43-,44+,45+/m0/s1. The summed E-state index contributed by atoms with van der Waals surface area (Å²) in [4.78, 5) is 15.2. The second-order valence-electron chi connectivity index (χ2n) is 13.5. The van der Waals surface area contributed by atoms with E-state index in [4.69, 9.17) is 14.2 Å². The van der Waals surface area contributed by atoms with E-state index in [-0.39, 0.29) is 24.8 Å². The number of hydrogen-bond donors (Lipinski definition) is 3. The van der Waals surface area contributed by atoms with E-state index in [0.717, 1.165) is 47.6 Å². The highest BCUT2D eigenvalue weighted by Crippen LogP contribution is 2.38. The monoisotopic (exact) mass is 719 g/mol. The fraction of sp³-hybridized carbons (Fsp3) is 0.196. The van der Waals surface area contributed by atoms with E-state index in [9.17, 15) is 9.90 Å². The Morgan fingerprint density at radius 3 is 1.80 bits per heavy atom. The first-order valence-electron chi connectivity index (χ1n) is 18.3. The van der Waals surface area contributed by atoms with Gasteiger partial charge in [-0.1, -0.05) is 127 Å². The molecular weight excluding hydrogens is 675 g/mol. The molecule has 6 aromatic carbocycles. The Hall–Kier alpha value is -5.77. The van der Waals surface area contributed by atoms with Gasteiger partial charge in [-0.25, -0.2) is 4.79 Å². The van der Waals surface area contributed by atoms with Crippen molar-refractivity contribution in [1.29, 1.82) is 0 Å². The molecule has 0 radical (unpaired) electrons. The van der Waals surface area contributed by atoms with Crippen molar-refractivity contribution < 1.29 is 24.1 Å². The zero-order valence-electron chi connectivity index (χ0n) is 30.1. The average molecular weight is 720 g/mol. The molecule has 0 spiro atoms. The summed E-state index contributed by atoms with van der Waals surface area (Å²) in [5.41, 5.74) is 6.92. The Kier molecular flexibility index (Phi) is 12.4. The minimum Gasteiger partial charge on any atom is -0.457 e. The number of ether oxygens (including phenoxy) is 3. The molecule has 54 heavy (non-hydrogen) atoms. The first-order chi connectivity index (χ1) is 26.6. The number of aliphatic hydroxyl groups excluding tert-OH is 1. The molecule has 1 fully saturated rings. The Labute approximate surface area is 317 Å². The maximum absolute atomic E-state index is 12.7. The number of benzene rings is 6. The number of anilines is 1. The van der Waals surface area contributed by atoms with Gasteiger partial charge in [-0.2, -0.15) is 0 Å². The van der Waals surface area contributed by atoms with Crippen molar-refractivity contribution in [2.24, 2.45) is 0 Å². The lowest BCUT2D eigenvalue weighted by Gasteiger charge is -2.38. The number of urea groups is 1. The summed E-state index contributed by atoms with van der Waals surface area (Å²) in [6.45, 7) is 2.65. The van der Waals surface area contributed by atoms with Crippen LogP contribution in [-0.2, 0) is 35.7 Å². The van der Waals surface area contributed by atoms with Crippen LogP contribution in [0.5, 0.6) is 11.5 Å². The van der Waals surface area contributed by atoms with Gasteiger partial charge in [-0.05, 0) is 64.2 Å². The molecule has 6 aromatic rings. The normalized spacial score (nSPS) is 16.8. The van der Waals surface area contributed by atoms with E-state index in [1.165, 1.54) is 11.1 Å². The van der Waals surface area contributed by atoms with Crippen LogP contribution >= 0.6 is 0 Å². The van der Waals surface area contributed by atoms with Gasteiger partial charge in [-0.15, -0.1) is 0 Å². The molecule has 0 bridgehead atoms. The Morgan fingerprint density at radius 1 is 0.630 bits per heavy atom. The van der Waals surface area contributed by atoms with Crippen molar-refractivity contribution in [1.82, 2.24) is 10.2 Å². The van der Waals surface area contributed by atoms with Gasteiger partial charge in [0, 0.05) is 43.9 Å². The van der Waals surface area contributed by atoms with Crippen LogP contribution in [0.3, 0.4) is 0 Å². The number of hydrogen-bond acceptors (Lipinski definition) is 6. The molecule has 0 saturated carbocycles. The Morgan fingerprint density at radius 2 is 1.19 bits per heavy atom. The summed E-state index contributed by atoms with van der Waals surface area (Å²) in [6.07, 6.45) is -0.196. The van der Waals surface area contributed by atoms with Crippen LogP contribution in [0.1, 0.15) is 52.2 Å². The summed E-state index contributed by atoms with van der Waals surface area (Å²) in [7, 11) is 0. The van der Waals surface area contributed by atoms with Crippen molar-refractivity contribution in [3.8, 4) is 11.5 Å². The number of nitrogens with zero attached hydrogens (tertiary/aromatic N) is 1. The molecule has 0 aromatic heterocycles. The average Bonchev–Trinajstić information content (AvgIpc) is 3.22. The molecule has 0 unspecified atom stereocenters. The quantitative estimate of drug-likeness (QED) is 0.104. The maximum atomic E-state index is 12.7. The van der Waals surface area contributed by atoms with Crippen LogP contribution in [-0.4, -0.2) is 28.7 Å². The predicted octanol–water partition coefficient (Wildman–Crippen LogP) is 9.54. The van der Waals surface area contributed by atoms with E-state index >= 15 is 0 Å². The van der Waals surface area contributed by atoms with E-state index < -0.39 is 6.29 Å². The lowest BCUT2D eigenvalue weighted by molar-refractivity contribution is -0.253. The lowest BCUT2D eigenvalue weighted by Crippen LogP contribution is -2.39. The summed E-state index contributed by atoms with van der Waals surface area (Å²) in [6, 6.07) is 53.5. The lowest BCUT2D eigenvalue weighted by atomic mass is 9.99. The van der Waals surface area contributed by atoms with Gasteiger partial charge >= 0.3 is 6.03 Å². The SMILES string of the molecule is O=C(NCc1ccc([C@@H]2O[C@H](CN(Cc3ccccc3)Cc3ccccc3)C[C@H](c3ccc(CO)cc3)O2)cc1)Nc1ccc(Oc2ccccc2)cc1. The van der Waals surface area contributed by atoms with E-state index in [1.54, 1.807) is 12.1 Å². The first kappa shape index (κ1) is 36.6. The van der Waals surface area contributed by atoms with Crippen LogP contribution < -0.4 is 15.4 Å². The van der Waals surface area contributed by atoms with Gasteiger partial charge in [0.05, 0.1) is 18.8 Å². The van der Waals surface area contributed by atoms with Crippen LogP contribution in [0.2, 0.25) is 0 Å². The van der Waals surface area contributed by atoms with Gasteiger partial charge in [0.25, 0.3) is 0 Å². The fourth-order valence-corrected chi connectivity index (χ4v) is 6.57. The van der Waals surface area contributed by atoms with E-state index in [0.29, 0.717) is 24.4 Å². The molecule has 7 rings (SSSR count). The number of aliphatic hydroxyl groups is 1. The largest absolute Gasteiger partial charge is 0.457 e. The van der Waals surface area contributed by atoms with Crippen molar-refractivity contribution in [2.45, 2.75) is 51.2 Å². The summed E-state index contributed by atoms with van der Waals surface area (Å²) in [5.74, 6) is 1.44. The predicted molar refractivity (Wildman–Crippen MR) is 211 cm³/mol. The molecule has 0 aliphatic carbocycles. The molecule has 3 N–H and O–H groups in total. The minimum atomic E-state index is -0.583. The smallest absolute Gasteiger partial charge is 0.319 e. The van der Waals surface area contributed by atoms with E-state index in [1.807, 2.05) is 103 Å². The topological polar surface area (TPSA) is 92.3 Å². The Balaban J connectivity index is 1.00. The molecule has 8 nitrogen and oxygen atoms in total. The zero-order chi connectivity index (χ0) is 37.0. The molecule has 1 saturated heterocycles. The van der Waals surface area contributed by atoms with Crippen molar-refractivity contribution in [3.05, 3.63) is 197 Å². The number of carbonyl (C=O) groups is 1. The molecule has 1 aliphatic rings. The molecule has 1 aliphatic heterocycles. The van der Waals surface area contributed by atoms with Gasteiger partial charge in [0.15, 0.2) is 6.29 Å². The molecule has 3 atom stereocenters. The second-order valence-corrected chi connectivity index (χ2v) is 13.5. The van der Waals surface area contributed by atoms with Crippen LogP contribution in [0.15, 0.2) is 164 Å². The third-order valence-corrected chi connectivity index (χ3v) is 9.37. The minimum absolute atomic E-state index is 0.00528. The zero-order valence-corrected chi connectivity index (χ0v) is 30.1. The van der Waals surface area contributed by atoms with Crippen LogP contribution in [0, 0.1) is 0 Å². The van der Waals surface area contributed by atoms with Gasteiger partial charge < -0.3 is 30.0 Å². The Bertz CT molecular complexity index is 1990. The number of para-hydroxylation sites is 1. The molecule has 2 amide bonds. The first-order valence-corrected chi connectivity index (χ1v) is 18.3. The third-order valence-electron chi connectivity index (χ3n) is 9.37. The highest BCUT2D eigenvalue weighted by atomic mass is 16.7. The van der Waals surface area contributed by atoms with Gasteiger partial charge in [-0.3, -0.25) is 4.90 Å².